The second-order valence-corrected chi connectivity index (χ2v) is 4.95. The quantitative estimate of drug-likeness (QED) is 0.631. The van der Waals surface area contributed by atoms with Crippen molar-refractivity contribution in [2.45, 2.75) is 13.3 Å². The molecule has 0 radical (unpaired) electrons. The number of carbonyl (C=O) groups is 2. The van der Waals surface area contributed by atoms with Crippen molar-refractivity contribution >= 4 is 17.7 Å². The van der Waals surface area contributed by atoms with Crippen LogP contribution in [0, 0.1) is 0 Å². The fraction of sp³-hybridized carbons (Fsp3) is 0.222. The number of benzene rings is 2. The van der Waals surface area contributed by atoms with E-state index in [9.17, 15) is 9.59 Å². The minimum absolute atomic E-state index is 0.0412. The van der Waals surface area contributed by atoms with Crippen molar-refractivity contribution in [3.05, 3.63) is 59.7 Å². The molecule has 0 unspecified atom stereocenters. The molecule has 0 fully saturated rings. The monoisotopic (exact) mass is 328 g/mol. The van der Waals surface area contributed by atoms with Crippen molar-refractivity contribution in [2.75, 3.05) is 19.2 Å². The summed E-state index contributed by atoms with van der Waals surface area (Å²) in [7, 11) is 1.31. The third-order valence-corrected chi connectivity index (χ3v) is 3.36. The Bertz CT molecular complexity index is 716. The molecule has 0 aliphatic carbocycles. The van der Waals surface area contributed by atoms with E-state index in [-0.39, 0.29) is 6.73 Å². The second kappa shape index (κ2) is 8.57. The van der Waals surface area contributed by atoms with Crippen LogP contribution in [-0.2, 0) is 11.2 Å². The number of aryl methyl sites for hydroxylation is 1. The summed E-state index contributed by atoms with van der Waals surface area (Å²) in [6, 6.07) is 13.7. The van der Waals surface area contributed by atoms with Gasteiger partial charge in [-0.05, 0) is 36.2 Å². The number of anilines is 1. The van der Waals surface area contributed by atoms with Gasteiger partial charge in [-0.15, -0.1) is 0 Å². The predicted molar refractivity (Wildman–Crippen MR) is 91.3 cm³/mol. The van der Waals surface area contributed by atoms with Crippen molar-refractivity contribution < 1.29 is 19.1 Å². The van der Waals surface area contributed by atoms with Crippen LogP contribution in [0.15, 0.2) is 48.5 Å². The molecule has 24 heavy (non-hydrogen) atoms. The summed E-state index contributed by atoms with van der Waals surface area (Å²) in [6.07, 6.45) is 0.850. The predicted octanol–water partition coefficient (Wildman–Crippen LogP) is 3.19. The molecular formula is C18H20N2O4. The highest BCUT2D eigenvalue weighted by Gasteiger charge is 2.08. The fourth-order valence-corrected chi connectivity index (χ4v) is 2.13. The highest BCUT2D eigenvalue weighted by Crippen LogP contribution is 2.17. The summed E-state index contributed by atoms with van der Waals surface area (Å²) in [5, 5.41) is 5.24. The number of nitrogens with one attached hydrogen (secondary N) is 2. The first-order valence-electron chi connectivity index (χ1n) is 7.58. The zero-order valence-corrected chi connectivity index (χ0v) is 13.7. The molecule has 6 heteroatoms. The van der Waals surface area contributed by atoms with Crippen LogP contribution in [0.5, 0.6) is 5.75 Å². The summed E-state index contributed by atoms with van der Waals surface area (Å²) in [4.78, 5) is 23.4. The average Bonchev–Trinajstić information content (AvgIpc) is 2.61. The molecule has 0 saturated heterocycles. The van der Waals surface area contributed by atoms with Crippen molar-refractivity contribution in [2.24, 2.45) is 0 Å². The average molecular weight is 328 g/mol. The first-order valence-corrected chi connectivity index (χ1v) is 7.58. The molecule has 0 aliphatic rings. The van der Waals surface area contributed by atoms with E-state index in [4.69, 9.17) is 4.74 Å². The van der Waals surface area contributed by atoms with Gasteiger partial charge in [0.1, 0.15) is 5.75 Å². The number of hydrogen-bond donors (Lipinski definition) is 2. The Kier molecular flexibility index (Phi) is 6.19. The van der Waals surface area contributed by atoms with Crippen LogP contribution in [0.3, 0.4) is 0 Å². The largest absolute Gasteiger partial charge is 0.473 e. The van der Waals surface area contributed by atoms with Crippen molar-refractivity contribution in [1.82, 2.24) is 5.32 Å². The van der Waals surface area contributed by atoms with Crippen LogP contribution in [0.1, 0.15) is 22.8 Å². The fourth-order valence-electron chi connectivity index (χ4n) is 2.13. The van der Waals surface area contributed by atoms with Gasteiger partial charge in [0.15, 0.2) is 6.73 Å². The van der Waals surface area contributed by atoms with Crippen molar-refractivity contribution in [3.8, 4) is 5.75 Å². The number of urea groups is 1. The first kappa shape index (κ1) is 17.3. The Morgan fingerprint density at radius 1 is 1.08 bits per heavy atom. The summed E-state index contributed by atoms with van der Waals surface area (Å²) in [5.41, 5.74) is 1.93. The normalized spacial score (nSPS) is 9.92. The number of esters is 1. The Labute approximate surface area is 140 Å². The number of methoxy groups -OCH3 is 1. The Balaban J connectivity index is 1.86. The maximum Gasteiger partial charge on any atom is 0.337 e. The number of carbonyl (C=O) groups excluding carboxylic acids is 2. The summed E-state index contributed by atoms with van der Waals surface area (Å²) in [6.45, 7) is 2.08. The number of rotatable bonds is 6. The van der Waals surface area contributed by atoms with Crippen LogP contribution < -0.4 is 15.4 Å². The van der Waals surface area contributed by atoms with Gasteiger partial charge in [-0.25, -0.2) is 9.59 Å². The molecule has 0 bridgehead atoms. The zero-order chi connectivity index (χ0) is 17.4. The smallest absolute Gasteiger partial charge is 0.337 e. The lowest BCUT2D eigenvalue weighted by molar-refractivity contribution is 0.0600. The lowest BCUT2D eigenvalue weighted by Crippen LogP contribution is -2.32. The zero-order valence-electron chi connectivity index (χ0n) is 13.7. The van der Waals surface area contributed by atoms with E-state index in [0.29, 0.717) is 11.3 Å². The highest BCUT2D eigenvalue weighted by atomic mass is 16.5. The first-order chi connectivity index (χ1) is 11.6. The van der Waals surface area contributed by atoms with Gasteiger partial charge in [0.2, 0.25) is 0 Å². The van der Waals surface area contributed by atoms with Gasteiger partial charge in [0, 0.05) is 5.69 Å². The van der Waals surface area contributed by atoms with Gasteiger partial charge in [-0.2, -0.15) is 0 Å². The molecule has 6 nitrogen and oxygen atoms in total. The number of ether oxygens (including phenoxy) is 2. The maximum atomic E-state index is 11.9. The molecule has 0 aliphatic heterocycles. The van der Waals surface area contributed by atoms with Gasteiger partial charge in [-0.3, -0.25) is 0 Å². The summed E-state index contributed by atoms with van der Waals surface area (Å²) < 4.78 is 10.2. The molecule has 0 aromatic heterocycles. The molecule has 0 spiro atoms. The topological polar surface area (TPSA) is 76.7 Å². The van der Waals surface area contributed by atoms with Crippen LogP contribution in [0.4, 0.5) is 10.5 Å². The van der Waals surface area contributed by atoms with E-state index in [1.54, 1.807) is 24.3 Å². The lowest BCUT2D eigenvalue weighted by atomic mass is 10.1. The molecule has 126 valence electrons. The number of hydrogen-bond acceptors (Lipinski definition) is 4. The summed E-state index contributed by atoms with van der Waals surface area (Å²) >= 11 is 0. The molecule has 2 N–H and O–H groups in total. The minimum atomic E-state index is -0.460. The van der Waals surface area contributed by atoms with Gasteiger partial charge in [-0.1, -0.05) is 31.2 Å². The molecule has 2 rings (SSSR count). The van der Waals surface area contributed by atoms with E-state index in [1.165, 1.54) is 7.11 Å². The van der Waals surface area contributed by atoms with E-state index >= 15 is 0 Å². The minimum Gasteiger partial charge on any atom is -0.473 e. The highest BCUT2D eigenvalue weighted by molar-refractivity contribution is 5.93. The molecule has 0 heterocycles. The Morgan fingerprint density at radius 2 is 1.88 bits per heavy atom. The van der Waals surface area contributed by atoms with Gasteiger partial charge < -0.3 is 20.1 Å². The maximum absolute atomic E-state index is 11.9. The molecule has 2 aromatic carbocycles. The number of amides is 2. The lowest BCUT2D eigenvalue weighted by Gasteiger charge is -2.12. The van der Waals surface area contributed by atoms with Crippen molar-refractivity contribution in [1.29, 1.82) is 0 Å². The van der Waals surface area contributed by atoms with E-state index in [1.807, 2.05) is 31.2 Å². The number of para-hydroxylation sites is 1. The Hall–Kier alpha value is -3.02. The van der Waals surface area contributed by atoms with Gasteiger partial charge >= 0.3 is 12.0 Å². The third kappa shape index (κ3) is 4.74. The summed E-state index contributed by atoms with van der Waals surface area (Å²) in [5.74, 6) is 0.284. The molecule has 0 saturated carbocycles. The third-order valence-electron chi connectivity index (χ3n) is 3.36. The van der Waals surface area contributed by atoms with E-state index in [2.05, 4.69) is 15.4 Å². The molecule has 2 amide bonds. The van der Waals surface area contributed by atoms with E-state index in [0.717, 1.165) is 17.7 Å². The van der Waals surface area contributed by atoms with Gasteiger partial charge in [0.25, 0.3) is 0 Å². The SMILES string of the molecule is CCc1ccccc1OCNC(=O)Nc1cccc(C(=O)OC)c1. The molecule has 0 atom stereocenters. The Morgan fingerprint density at radius 3 is 2.62 bits per heavy atom. The molecule has 2 aromatic rings. The molecular weight excluding hydrogens is 308 g/mol. The van der Waals surface area contributed by atoms with Crippen LogP contribution >= 0.6 is 0 Å². The van der Waals surface area contributed by atoms with Crippen LogP contribution in [0.2, 0.25) is 0 Å². The standard InChI is InChI=1S/C18H20N2O4/c1-3-13-7-4-5-10-16(13)24-12-19-18(22)20-15-9-6-8-14(11-15)17(21)23-2/h4-11H,3,12H2,1-2H3,(H2,19,20,22). The van der Waals surface area contributed by atoms with Gasteiger partial charge in [0.05, 0.1) is 12.7 Å². The second-order valence-electron chi connectivity index (χ2n) is 4.95. The van der Waals surface area contributed by atoms with Crippen molar-refractivity contribution in [3.63, 3.8) is 0 Å². The van der Waals surface area contributed by atoms with Crippen LogP contribution in [-0.4, -0.2) is 25.8 Å². The van der Waals surface area contributed by atoms with E-state index < -0.39 is 12.0 Å². The van der Waals surface area contributed by atoms with Crippen LogP contribution in [0.25, 0.3) is 0 Å².